The topological polar surface area (TPSA) is 61.9 Å². The van der Waals surface area contributed by atoms with Crippen molar-refractivity contribution >= 4 is 17.5 Å². The lowest BCUT2D eigenvalue weighted by Gasteiger charge is -2.35. The number of fused-ring (bicyclic) bond motifs is 1. The fourth-order valence-corrected chi connectivity index (χ4v) is 3.87. The minimum absolute atomic E-state index is 0.0434. The smallest absolute Gasteiger partial charge is 0.253 e. The van der Waals surface area contributed by atoms with Gasteiger partial charge in [0.2, 0.25) is 5.91 Å². The lowest BCUT2D eigenvalue weighted by Crippen LogP contribution is -2.49. The van der Waals surface area contributed by atoms with Crippen LogP contribution < -0.4 is 10.1 Å². The third-order valence-electron chi connectivity index (χ3n) is 5.54. The number of rotatable bonds is 6. The molecular formula is C23H27N3O3. The number of hydrogen-bond donors (Lipinski definition) is 1. The van der Waals surface area contributed by atoms with Gasteiger partial charge in [0.25, 0.3) is 5.91 Å². The molecule has 0 aromatic heterocycles. The number of ether oxygens (including phenoxy) is 1. The van der Waals surface area contributed by atoms with Gasteiger partial charge in [-0.25, -0.2) is 0 Å². The van der Waals surface area contributed by atoms with E-state index in [0.29, 0.717) is 25.0 Å². The van der Waals surface area contributed by atoms with E-state index in [-0.39, 0.29) is 11.8 Å². The second kappa shape index (κ2) is 9.09. The molecule has 6 heteroatoms. The average molecular weight is 393 g/mol. The standard InChI is InChI=1S/C23H27N3O3/c27-22-10-8-18-17-19(7-9-21(18)24-22)23(28)26-14-12-25(13-15-26)11-4-16-29-20-5-2-1-3-6-20/h1-3,5-7,9,17H,4,8,10-16H2,(H,24,27). The number of nitrogens with zero attached hydrogens (tertiary/aromatic N) is 2. The summed E-state index contributed by atoms with van der Waals surface area (Å²) in [7, 11) is 0. The van der Waals surface area contributed by atoms with Crippen LogP contribution in [-0.2, 0) is 11.2 Å². The molecule has 0 aliphatic carbocycles. The summed E-state index contributed by atoms with van der Waals surface area (Å²) in [6.07, 6.45) is 2.15. The van der Waals surface area contributed by atoms with Crippen LogP contribution in [0.3, 0.4) is 0 Å². The molecule has 1 fully saturated rings. The molecule has 4 rings (SSSR count). The van der Waals surface area contributed by atoms with Gasteiger partial charge in [-0.15, -0.1) is 0 Å². The average Bonchev–Trinajstić information content (AvgIpc) is 2.77. The summed E-state index contributed by atoms with van der Waals surface area (Å²) in [5, 5.41) is 2.87. The van der Waals surface area contributed by atoms with Crippen molar-refractivity contribution in [1.82, 2.24) is 9.80 Å². The summed E-state index contributed by atoms with van der Waals surface area (Å²) in [4.78, 5) is 28.7. The largest absolute Gasteiger partial charge is 0.494 e. The van der Waals surface area contributed by atoms with Crippen molar-refractivity contribution < 1.29 is 14.3 Å². The van der Waals surface area contributed by atoms with Crippen LogP contribution in [0.5, 0.6) is 5.75 Å². The van der Waals surface area contributed by atoms with Crippen LogP contribution in [0.4, 0.5) is 5.69 Å². The maximum Gasteiger partial charge on any atom is 0.253 e. The van der Waals surface area contributed by atoms with Gasteiger partial charge < -0.3 is 15.0 Å². The van der Waals surface area contributed by atoms with Gasteiger partial charge in [-0.3, -0.25) is 14.5 Å². The van der Waals surface area contributed by atoms with Crippen molar-refractivity contribution in [3.05, 3.63) is 59.7 Å². The number of hydrogen-bond acceptors (Lipinski definition) is 4. The highest BCUT2D eigenvalue weighted by atomic mass is 16.5. The summed E-state index contributed by atoms with van der Waals surface area (Å²) in [5.74, 6) is 1.03. The van der Waals surface area contributed by atoms with Gasteiger partial charge in [0.1, 0.15) is 5.75 Å². The number of amides is 2. The molecule has 0 atom stereocenters. The Hall–Kier alpha value is -2.86. The molecule has 0 unspecified atom stereocenters. The molecule has 2 aliphatic rings. The first kappa shape index (κ1) is 19.5. The molecule has 2 aromatic carbocycles. The van der Waals surface area contributed by atoms with Gasteiger partial charge in [0.15, 0.2) is 0 Å². The van der Waals surface area contributed by atoms with Crippen molar-refractivity contribution in [3.8, 4) is 5.75 Å². The lowest BCUT2D eigenvalue weighted by molar-refractivity contribution is -0.116. The quantitative estimate of drug-likeness (QED) is 0.767. The number of aryl methyl sites for hydroxylation is 1. The predicted octanol–water partition coefficient (Wildman–Crippen LogP) is 2.80. The van der Waals surface area contributed by atoms with Crippen molar-refractivity contribution in [2.75, 3.05) is 44.6 Å². The first-order valence-electron chi connectivity index (χ1n) is 10.3. The van der Waals surface area contributed by atoms with E-state index in [1.165, 1.54) is 0 Å². The molecule has 0 saturated carbocycles. The Bertz CT molecular complexity index is 861. The van der Waals surface area contributed by atoms with E-state index in [1.54, 1.807) is 0 Å². The summed E-state index contributed by atoms with van der Waals surface area (Å²) < 4.78 is 5.75. The van der Waals surface area contributed by atoms with Crippen LogP contribution in [0, 0.1) is 0 Å². The third-order valence-corrected chi connectivity index (χ3v) is 5.54. The van der Waals surface area contributed by atoms with Crippen LogP contribution >= 0.6 is 0 Å². The molecule has 1 saturated heterocycles. The van der Waals surface area contributed by atoms with E-state index >= 15 is 0 Å². The molecular weight excluding hydrogens is 366 g/mol. The third kappa shape index (κ3) is 4.95. The molecule has 2 aromatic rings. The van der Waals surface area contributed by atoms with E-state index < -0.39 is 0 Å². The van der Waals surface area contributed by atoms with Crippen LogP contribution in [-0.4, -0.2) is 60.9 Å². The SMILES string of the molecule is O=C1CCc2cc(C(=O)N3CCN(CCCOc4ccccc4)CC3)ccc2N1. The van der Waals surface area contributed by atoms with E-state index in [1.807, 2.05) is 53.4 Å². The second-order valence-corrected chi connectivity index (χ2v) is 7.57. The highest BCUT2D eigenvalue weighted by Gasteiger charge is 2.23. The fourth-order valence-electron chi connectivity index (χ4n) is 3.87. The Kier molecular flexibility index (Phi) is 6.10. The van der Waals surface area contributed by atoms with Gasteiger partial charge in [-0.2, -0.15) is 0 Å². The predicted molar refractivity (Wildman–Crippen MR) is 112 cm³/mol. The van der Waals surface area contributed by atoms with Gasteiger partial charge in [-0.05, 0) is 48.7 Å². The van der Waals surface area contributed by atoms with Gasteiger partial charge >= 0.3 is 0 Å². The number of carbonyl (C=O) groups is 2. The minimum atomic E-state index is 0.0434. The second-order valence-electron chi connectivity index (χ2n) is 7.57. The van der Waals surface area contributed by atoms with E-state index in [4.69, 9.17) is 4.74 Å². The monoisotopic (exact) mass is 393 g/mol. The van der Waals surface area contributed by atoms with E-state index in [9.17, 15) is 9.59 Å². The number of piperazine rings is 1. The number of carbonyl (C=O) groups excluding carboxylic acids is 2. The molecule has 1 N–H and O–H groups in total. The lowest BCUT2D eigenvalue weighted by atomic mass is 10.00. The molecule has 2 amide bonds. The summed E-state index contributed by atoms with van der Waals surface area (Å²) in [6, 6.07) is 15.5. The Morgan fingerprint density at radius 1 is 1.00 bits per heavy atom. The number of nitrogens with one attached hydrogen (secondary N) is 1. The molecule has 0 spiro atoms. The molecule has 0 radical (unpaired) electrons. The fraction of sp³-hybridized carbons (Fsp3) is 0.391. The first-order chi connectivity index (χ1) is 14.2. The Morgan fingerprint density at radius 2 is 1.79 bits per heavy atom. The molecule has 0 bridgehead atoms. The summed E-state index contributed by atoms with van der Waals surface area (Å²) in [5.41, 5.74) is 2.59. The minimum Gasteiger partial charge on any atom is -0.494 e. The van der Waals surface area contributed by atoms with Crippen molar-refractivity contribution in [3.63, 3.8) is 0 Å². The number of para-hydroxylation sites is 1. The number of benzene rings is 2. The molecule has 2 aliphatic heterocycles. The molecule has 2 heterocycles. The van der Waals surface area contributed by atoms with Crippen LogP contribution in [0.1, 0.15) is 28.8 Å². The van der Waals surface area contributed by atoms with E-state index in [0.717, 1.165) is 56.1 Å². The zero-order valence-electron chi connectivity index (χ0n) is 16.6. The Balaban J connectivity index is 1.22. The summed E-state index contributed by atoms with van der Waals surface area (Å²) >= 11 is 0. The zero-order valence-corrected chi connectivity index (χ0v) is 16.6. The van der Waals surface area contributed by atoms with Gasteiger partial charge in [0, 0.05) is 50.4 Å². The van der Waals surface area contributed by atoms with Crippen LogP contribution in [0.25, 0.3) is 0 Å². The Morgan fingerprint density at radius 3 is 2.59 bits per heavy atom. The van der Waals surface area contributed by atoms with Crippen LogP contribution in [0.15, 0.2) is 48.5 Å². The zero-order chi connectivity index (χ0) is 20.1. The highest BCUT2D eigenvalue weighted by Crippen LogP contribution is 2.24. The van der Waals surface area contributed by atoms with Crippen molar-refractivity contribution in [2.45, 2.75) is 19.3 Å². The maximum atomic E-state index is 12.9. The maximum absolute atomic E-state index is 12.9. The highest BCUT2D eigenvalue weighted by molar-refractivity contribution is 5.98. The normalized spacial score (nSPS) is 16.8. The summed E-state index contributed by atoms with van der Waals surface area (Å²) in [6.45, 7) is 4.94. The van der Waals surface area contributed by atoms with Crippen LogP contribution in [0.2, 0.25) is 0 Å². The van der Waals surface area contributed by atoms with Crippen molar-refractivity contribution in [1.29, 1.82) is 0 Å². The number of anilines is 1. The van der Waals surface area contributed by atoms with Crippen molar-refractivity contribution in [2.24, 2.45) is 0 Å². The first-order valence-corrected chi connectivity index (χ1v) is 10.3. The molecule has 29 heavy (non-hydrogen) atoms. The van der Waals surface area contributed by atoms with Gasteiger partial charge in [-0.1, -0.05) is 18.2 Å². The van der Waals surface area contributed by atoms with E-state index in [2.05, 4.69) is 10.2 Å². The molecule has 6 nitrogen and oxygen atoms in total. The van der Waals surface area contributed by atoms with Gasteiger partial charge in [0.05, 0.1) is 6.61 Å². The Labute approximate surface area is 171 Å². The molecule has 152 valence electrons.